The lowest BCUT2D eigenvalue weighted by Gasteiger charge is -2.07. The molecule has 2 amide bonds. The summed E-state index contributed by atoms with van der Waals surface area (Å²) in [6, 6.07) is 8.48. The van der Waals surface area contributed by atoms with Gasteiger partial charge in [-0.05, 0) is 60.1 Å². The first-order chi connectivity index (χ1) is 11.4. The Hall–Kier alpha value is -2.32. The van der Waals surface area contributed by atoms with Gasteiger partial charge < -0.3 is 0 Å². The maximum atomic E-state index is 12.2. The highest BCUT2D eigenvalue weighted by molar-refractivity contribution is 9.11. The average Bonchev–Trinajstić information content (AvgIpc) is 2.99. The van der Waals surface area contributed by atoms with Crippen LogP contribution in [0.25, 0.3) is 11.0 Å². The maximum Gasteiger partial charge on any atom is 0.279 e. The zero-order chi connectivity index (χ0) is 17.3. The number of benzene rings is 1. The molecule has 3 aromatic rings. The van der Waals surface area contributed by atoms with Gasteiger partial charge in [-0.25, -0.2) is 9.97 Å². The molecule has 0 spiro atoms. The maximum absolute atomic E-state index is 12.2. The molecule has 122 valence electrons. The molecule has 24 heavy (non-hydrogen) atoms. The molecule has 0 bridgehead atoms. The second-order valence-corrected chi connectivity index (χ2v) is 7.57. The number of amides is 2. The second kappa shape index (κ2) is 6.66. The molecule has 1 aromatic carbocycles. The van der Waals surface area contributed by atoms with Crippen molar-refractivity contribution in [3.8, 4) is 0 Å². The lowest BCUT2D eigenvalue weighted by atomic mass is 10.1. The van der Waals surface area contributed by atoms with E-state index in [0.29, 0.717) is 16.0 Å². The van der Waals surface area contributed by atoms with Crippen molar-refractivity contribution in [3.63, 3.8) is 0 Å². The Bertz CT molecular complexity index is 954. The van der Waals surface area contributed by atoms with Gasteiger partial charge in [-0.1, -0.05) is 0 Å². The largest absolute Gasteiger partial charge is 0.279 e. The molecule has 2 aromatic heterocycles. The first-order valence-corrected chi connectivity index (χ1v) is 8.66. The number of aryl methyl sites for hydroxylation is 2. The van der Waals surface area contributed by atoms with Gasteiger partial charge in [0.1, 0.15) is 0 Å². The van der Waals surface area contributed by atoms with Crippen LogP contribution in [0.15, 0.2) is 34.1 Å². The van der Waals surface area contributed by atoms with E-state index in [1.807, 2.05) is 13.8 Å². The Morgan fingerprint density at radius 1 is 0.958 bits per heavy atom. The molecule has 0 fully saturated rings. The predicted octanol–water partition coefficient (Wildman–Crippen LogP) is 3.15. The molecule has 0 unspecified atom stereocenters. The van der Waals surface area contributed by atoms with E-state index < -0.39 is 5.91 Å². The van der Waals surface area contributed by atoms with Crippen molar-refractivity contribution in [2.24, 2.45) is 0 Å². The number of nitrogens with zero attached hydrogens (tertiary/aromatic N) is 2. The molecule has 0 aliphatic rings. The molecule has 0 radical (unpaired) electrons. The number of hydrogen-bond donors (Lipinski definition) is 2. The number of carbonyl (C=O) groups is 2. The van der Waals surface area contributed by atoms with Crippen LogP contribution in [0.3, 0.4) is 0 Å². The summed E-state index contributed by atoms with van der Waals surface area (Å²) in [6.45, 7) is 3.76. The summed E-state index contributed by atoms with van der Waals surface area (Å²) in [4.78, 5) is 33.5. The lowest BCUT2D eigenvalue weighted by Crippen LogP contribution is -2.41. The van der Waals surface area contributed by atoms with Crippen LogP contribution in [0.1, 0.15) is 31.4 Å². The Morgan fingerprint density at radius 2 is 1.62 bits per heavy atom. The number of aromatic nitrogens is 2. The number of hydrazine groups is 1. The van der Waals surface area contributed by atoms with E-state index in [0.717, 1.165) is 20.7 Å². The van der Waals surface area contributed by atoms with Gasteiger partial charge in [-0.3, -0.25) is 20.4 Å². The minimum atomic E-state index is -0.416. The van der Waals surface area contributed by atoms with Crippen molar-refractivity contribution in [1.29, 1.82) is 0 Å². The molecule has 2 N–H and O–H groups in total. The Balaban J connectivity index is 1.74. The van der Waals surface area contributed by atoms with E-state index in [1.165, 1.54) is 11.3 Å². The van der Waals surface area contributed by atoms with Crippen LogP contribution in [-0.4, -0.2) is 21.8 Å². The van der Waals surface area contributed by atoms with Gasteiger partial charge in [-0.2, -0.15) is 0 Å². The van der Waals surface area contributed by atoms with Crippen molar-refractivity contribution in [3.05, 3.63) is 55.9 Å². The van der Waals surface area contributed by atoms with Crippen LogP contribution < -0.4 is 10.9 Å². The summed E-state index contributed by atoms with van der Waals surface area (Å²) >= 11 is 4.57. The normalized spacial score (nSPS) is 10.6. The number of nitrogens with one attached hydrogen (secondary N) is 2. The number of carbonyl (C=O) groups excluding carboxylic acids is 2. The highest BCUT2D eigenvalue weighted by Gasteiger charge is 2.12. The fourth-order valence-electron chi connectivity index (χ4n) is 2.06. The first-order valence-electron chi connectivity index (χ1n) is 7.05. The van der Waals surface area contributed by atoms with E-state index in [9.17, 15) is 9.59 Å². The summed E-state index contributed by atoms with van der Waals surface area (Å²) in [5.74, 6) is -0.785. The summed E-state index contributed by atoms with van der Waals surface area (Å²) in [5, 5.41) is 0. The SMILES string of the molecule is Cc1nc2ccc(C(=O)NNC(=O)c3ccc(Br)s3)cc2nc1C. The van der Waals surface area contributed by atoms with Gasteiger partial charge >= 0.3 is 0 Å². The molecule has 0 aliphatic carbocycles. The van der Waals surface area contributed by atoms with Crippen LogP contribution >= 0.6 is 27.3 Å². The van der Waals surface area contributed by atoms with Crippen LogP contribution in [-0.2, 0) is 0 Å². The molecule has 0 atom stereocenters. The third-order valence-corrected chi connectivity index (χ3v) is 5.05. The quantitative estimate of drug-likeness (QED) is 0.642. The number of thiophene rings is 1. The van der Waals surface area contributed by atoms with Gasteiger partial charge in [-0.15, -0.1) is 11.3 Å². The molecule has 2 heterocycles. The Morgan fingerprint density at radius 3 is 2.29 bits per heavy atom. The van der Waals surface area contributed by atoms with Gasteiger partial charge in [0.2, 0.25) is 0 Å². The molecular formula is C16H13BrN4O2S. The van der Waals surface area contributed by atoms with E-state index in [4.69, 9.17) is 0 Å². The van der Waals surface area contributed by atoms with Crippen LogP contribution in [0.2, 0.25) is 0 Å². The summed E-state index contributed by atoms with van der Waals surface area (Å²) in [7, 11) is 0. The van der Waals surface area contributed by atoms with Gasteiger partial charge in [0.15, 0.2) is 0 Å². The number of halogens is 1. The lowest BCUT2D eigenvalue weighted by molar-refractivity contribution is 0.0849. The third kappa shape index (κ3) is 3.44. The summed E-state index contributed by atoms with van der Waals surface area (Å²) in [6.07, 6.45) is 0. The zero-order valence-electron chi connectivity index (χ0n) is 12.9. The van der Waals surface area contributed by atoms with E-state index in [2.05, 4.69) is 36.7 Å². The fraction of sp³-hybridized carbons (Fsp3) is 0.125. The number of rotatable bonds is 2. The predicted molar refractivity (Wildman–Crippen MR) is 96.0 cm³/mol. The van der Waals surface area contributed by atoms with Gasteiger partial charge in [0, 0.05) is 5.56 Å². The monoisotopic (exact) mass is 404 g/mol. The topological polar surface area (TPSA) is 84.0 Å². The molecule has 3 rings (SSSR count). The van der Waals surface area contributed by atoms with Crippen molar-refractivity contribution in [2.45, 2.75) is 13.8 Å². The van der Waals surface area contributed by atoms with Crippen LogP contribution in [0.5, 0.6) is 0 Å². The van der Waals surface area contributed by atoms with E-state index in [1.54, 1.807) is 30.3 Å². The van der Waals surface area contributed by atoms with E-state index in [-0.39, 0.29) is 5.91 Å². The Kier molecular flexibility index (Phi) is 4.59. The minimum Gasteiger partial charge on any atom is -0.267 e. The Labute approximate surface area is 150 Å². The molecule has 8 heteroatoms. The molecule has 0 saturated carbocycles. The van der Waals surface area contributed by atoms with E-state index >= 15 is 0 Å². The minimum absolute atomic E-state index is 0.369. The fourth-order valence-corrected chi connectivity index (χ4v) is 3.34. The number of hydrogen-bond acceptors (Lipinski definition) is 5. The first kappa shape index (κ1) is 16.5. The van der Waals surface area contributed by atoms with Gasteiger partial charge in [0.05, 0.1) is 31.1 Å². The number of fused-ring (bicyclic) bond motifs is 1. The molecular weight excluding hydrogens is 392 g/mol. The van der Waals surface area contributed by atoms with Gasteiger partial charge in [0.25, 0.3) is 11.8 Å². The second-order valence-electron chi connectivity index (χ2n) is 5.11. The zero-order valence-corrected chi connectivity index (χ0v) is 15.3. The van der Waals surface area contributed by atoms with Crippen molar-refractivity contribution in [2.75, 3.05) is 0 Å². The highest BCUT2D eigenvalue weighted by Crippen LogP contribution is 2.21. The third-order valence-electron chi connectivity index (χ3n) is 3.42. The van der Waals surface area contributed by atoms with Crippen LogP contribution in [0, 0.1) is 13.8 Å². The standard InChI is InChI=1S/C16H13BrN4O2S/c1-8-9(2)19-12-7-10(3-4-11(12)18-8)15(22)20-21-16(23)13-5-6-14(17)24-13/h3-7H,1-2H3,(H,20,22)(H,21,23). The average molecular weight is 405 g/mol. The van der Waals surface area contributed by atoms with Crippen molar-refractivity contribution < 1.29 is 9.59 Å². The smallest absolute Gasteiger partial charge is 0.267 e. The van der Waals surface area contributed by atoms with Crippen molar-refractivity contribution in [1.82, 2.24) is 20.8 Å². The summed E-state index contributed by atoms with van der Waals surface area (Å²) in [5.41, 5.74) is 8.23. The van der Waals surface area contributed by atoms with Crippen molar-refractivity contribution >= 4 is 50.1 Å². The molecule has 0 aliphatic heterocycles. The summed E-state index contributed by atoms with van der Waals surface area (Å²) < 4.78 is 0.845. The molecule has 6 nitrogen and oxygen atoms in total. The highest BCUT2D eigenvalue weighted by atomic mass is 79.9. The molecule has 0 saturated heterocycles. The van der Waals surface area contributed by atoms with Crippen LogP contribution in [0.4, 0.5) is 0 Å².